The zero-order valence-corrected chi connectivity index (χ0v) is 20.5. The molecule has 3 aromatic carbocycles. The molecule has 0 saturated carbocycles. The van der Waals surface area contributed by atoms with E-state index in [1.807, 2.05) is 92.7 Å². The number of carbonyl (C=O) groups is 1. The van der Waals surface area contributed by atoms with Gasteiger partial charge in [0.2, 0.25) is 0 Å². The molecule has 178 valence electrons. The lowest BCUT2D eigenvalue weighted by Crippen LogP contribution is -2.11. The van der Waals surface area contributed by atoms with Crippen molar-refractivity contribution in [1.82, 2.24) is 14.6 Å². The number of nitrogens with zero attached hydrogens (tertiary/aromatic N) is 4. The molecular formula is C29H23ClN4O2. The van der Waals surface area contributed by atoms with Gasteiger partial charge in [0.25, 0.3) is 0 Å². The number of hydrogen-bond donors (Lipinski definition) is 1. The molecule has 6 nitrogen and oxygen atoms in total. The highest BCUT2D eigenvalue weighted by Crippen LogP contribution is 2.37. The number of carboxylic acids is 1. The summed E-state index contributed by atoms with van der Waals surface area (Å²) >= 11 is 6.35. The molecule has 0 aliphatic heterocycles. The van der Waals surface area contributed by atoms with Crippen LogP contribution in [-0.2, 0) is 0 Å². The second-order valence-electron chi connectivity index (χ2n) is 8.65. The Kier molecular flexibility index (Phi) is 6.36. The van der Waals surface area contributed by atoms with Crippen molar-refractivity contribution in [3.8, 4) is 11.1 Å². The van der Waals surface area contributed by atoms with Gasteiger partial charge in [0.05, 0.1) is 22.5 Å². The van der Waals surface area contributed by atoms with E-state index >= 15 is 0 Å². The number of rotatable bonds is 6. The molecule has 2 aromatic heterocycles. The Morgan fingerprint density at radius 3 is 2.14 bits per heavy atom. The topological polar surface area (TPSA) is 79.8 Å². The van der Waals surface area contributed by atoms with Crippen LogP contribution in [0.25, 0.3) is 16.8 Å². The molecule has 1 N–H and O–H groups in total. The van der Waals surface area contributed by atoms with E-state index in [4.69, 9.17) is 21.7 Å². The first-order valence-corrected chi connectivity index (χ1v) is 11.9. The van der Waals surface area contributed by atoms with Crippen LogP contribution in [0.1, 0.15) is 46.9 Å². The van der Waals surface area contributed by atoms with Gasteiger partial charge in [-0.1, -0.05) is 98.2 Å². The molecule has 0 aliphatic rings. The number of aliphatic imine (C=N–C) groups is 1. The van der Waals surface area contributed by atoms with E-state index in [-0.39, 0.29) is 11.5 Å². The molecule has 0 bridgehead atoms. The van der Waals surface area contributed by atoms with Gasteiger partial charge in [0.15, 0.2) is 11.5 Å². The minimum atomic E-state index is -1.05. The minimum absolute atomic E-state index is 0.111. The van der Waals surface area contributed by atoms with Gasteiger partial charge in [-0.05, 0) is 23.6 Å². The number of aromatic carboxylic acids is 1. The zero-order chi connectivity index (χ0) is 25.2. The van der Waals surface area contributed by atoms with Crippen LogP contribution < -0.4 is 0 Å². The van der Waals surface area contributed by atoms with E-state index in [0.29, 0.717) is 27.7 Å². The first-order valence-electron chi connectivity index (χ1n) is 11.5. The van der Waals surface area contributed by atoms with Crippen molar-refractivity contribution in [2.24, 2.45) is 4.99 Å². The Balaban J connectivity index is 1.88. The second-order valence-corrected chi connectivity index (χ2v) is 9.09. The summed E-state index contributed by atoms with van der Waals surface area (Å²) in [6.45, 7) is 3.87. The number of benzene rings is 3. The highest BCUT2D eigenvalue weighted by atomic mass is 35.5. The number of halogens is 1. The van der Waals surface area contributed by atoms with E-state index in [9.17, 15) is 9.90 Å². The third kappa shape index (κ3) is 4.39. The van der Waals surface area contributed by atoms with Crippen molar-refractivity contribution in [3.05, 3.63) is 119 Å². The molecule has 0 saturated heterocycles. The van der Waals surface area contributed by atoms with Crippen molar-refractivity contribution in [2.75, 3.05) is 0 Å². The molecule has 36 heavy (non-hydrogen) atoms. The van der Waals surface area contributed by atoms with Crippen LogP contribution in [0.15, 0.2) is 96.1 Å². The highest BCUT2D eigenvalue weighted by Gasteiger charge is 2.24. The first-order chi connectivity index (χ1) is 17.4. The molecule has 2 heterocycles. The summed E-state index contributed by atoms with van der Waals surface area (Å²) in [4.78, 5) is 21.6. The fourth-order valence-corrected chi connectivity index (χ4v) is 4.48. The lowest BCUT2D eigenvalue weighted by atomic mass is 10.0. The van der Waals surface area contributed by atoms with Crippen LogP contribution in [0.2, 0.25) is 5.02 Å². The minimum Gasteiger partial charge on any atom is -0.478 e. The van der Waals surface area contributed by atoms with E-state index in [1.54, 1.807) is 10.6 Å². The summed E-state index contributed by atoms with van der Waals surface area (Å²) in [5.74, 6) is -0.739. The highest BCUT2D eigenvalue weighted by molar-refractivity contribution is 6.31. The maximum atomic E-state index is 12.0. The Bertz CT molecular complexity index is 1550. The molecule has 0 aliphatic carbocycles. The molecule has 0 radical (unpaired) electrons. The monoisotopic (exact) mass is 494 g/mol. The second kappa shape index (κ2) is 9.76. The standard InChI is InChI=1S/C29H23ClN4O2/c1-18(2)26-23(29(35)36)17-31-28-24(21-14-9-15-22(30)16-21)27(33-34(26)28)32-25(19-10-5-3-6-11-19)20-12-7-4-8-13-20/h3-18H,1-2H3,(H,35,36). The summed E-state index contributed by atoms with van der Waals surface area (Å²) in [6.07, 6.45) is 1.39. The normalized spacial score (nSPS) is 11.1. The number of hydrogen-bond acceptors (Lipinski definition) is 4. The summed E-state index contributed by atoms with van der Waals surface area (Å²) in [5.41, 5.74) is 5.26. The molecule has 0 unspecified atom stereocenters. The van der Waals surface area contributed by atoms with E-state index in [0.717, 1.165) is 22.4 Å². The average molecular weight is 495 g/mol. The molecule has 0 fully saturated rings. The molecular weight excluding hydrogens is 472 g/mol. The molecule has 0 atom stereocenters. The Morgan fingerprint density at radius 1 is 0.944 bits per heavy atom. The first kappa shape index (κ1) is 23.5. The van der Waals surface area contributed by atoms with Crippen LogP contribution in [0.4, 0.5) is 5.82 Å². The molecule has 0 spiro atoms. The predicted octanol–water partition coefficient (Wildman–Crippen LogP) is 7.04. The summed E-state index contributed by atoms with van der Waals surface area (Å²) in [6, 6.07) is 27.2. The van der Waals surface area contributed by atoms with Gasteiger partial charge in [0.1, 0.15) is 0 Å². The smallest absolute Gasteiger partial charge is 0.339 e. The van der Waals surface area contributed by atoms with Crippen LogP contribution in [0, 0.1) is 0 Å². The maximum absolute atomic E-state index is 12.0. The van der Waals surface area contributed by atoms with Crippen LogP contribution in [-0.4, -0.2) is 31.4 Å². The lowest BCUT2D eigenvalue weighted by Gasteiger charge is -2.11. The SMILES string of the molecule is CC(C)c1c(C(=O)O)cnc2c(-c3cccc(Cl)c3)c(N=C(c3ccccc3)c3ccccc3)nn12. The molecule has 7 heteroatoms. The summed E-state index contributed by atoms with van der Waals surface area (Å²) in [7, 11) is 0. The van der Waals surface area contributed by atoms with E-state index in [2.05, 4.69) is 4.98 Å². The lowest BCUT2D eigenvalue weighted by molar-refractivity contribution is 0.0693. The third-order valence-corrected chi connectivity index (χ3v) is 6.10. The summed E-state index contributed by atoms with van der Waals surface area (Å²) < 4.78 is 1.61. The molecule has 5 aromatic rings. The van der Waals surface area contributed by atoms with Crippen LogP contribution >= 0.6 is 11.6 Å². The van der Waals surface area contributed by atoms with Crippen molar-refractivity contribution < 1.29 is 9.90 Å². The maximum Gasteiger partial charge on any atom is 0.339 e. The molecule has 5 rings (SSSR count). The number of fused-ring (bicyclic) bond motifs is 1. The summed E-state index contributed by atoms with van der Waals surface area (Å²) in [5, 5.41) is 15.2. The fraction of sp³-hybridized carbons (Fsp3) is 0.103. The van der Waals surface area contributed by atoms with Crippen molar-refractivity contribution >= 4 is 34.7 Å². The quantitative estimate of drug-likeness (QED) is 0.257. The zero-order valence-electron chi connectivity index (χ0n) is 19.8. The van der Waals surface area contributed by atoms with Crippen LogP contribution in [0.5, 0.6) is 0 Å². The van der Waals surface area contributed by atoms with Gasteiger partial charge in [-0.3, -0.25) is 0 Å². The largest absolute Gasteiger partial charge is 0.478 e. The number of carboxylic acid groups (broad SMARTS) is 1. The van der Waals surface area contributed by atoms with Gasteiger partial charge < -0.3 is 5.11 Å². The molecule has 0 amide bonds. The predicted molar refractivity (Wildman–Crippen MR) is 143 cm³/mol. The third-order valence-electron chi connectivity index (χ3n) is 5.87. The van der Waals surface area contributed by atoms with Gasteiger partial charge >= 0.3 is 5.97 Å². The van der Waals surface area contributed by atoms with Gasteiger partial charge in [-0.2, -0.15) is 0 Å². The van der Waals surface area contributed by atoms with E-state index < -0.39 is 5.97 Å². The van der Waals surface area contributed by atoms with Crippen molar-refractivity contribution in [2.45, 2.75) is 19.8 Å². The average Bonchev–Trinajstić information content (AvgIpc) is 3.25. The van der Waals surface area contributed by atoms with E-state index in [1.165, 1.54) is 6.20 Å². The fourth-order valence-electron chi connectivity index (χ4n) is 4.29. The van der Waals surface area contributed by atoms with Crippen LogP contribution in [0.3, 0.4) is 0 Å². The van der Waals surface area contributed by atoms with Crippen molar-refractivity contribution in [3.63, 3.8) is 0 Å². The Labute approximate surface area is 213 Å². The number of aromatic nitrogens is 3. The van der Waals surface area contributed by atoms with Gasteiger partial charge in [0, 0.05) is 22.3 Å². The van der Waals surface area contributed by atoms with Gasteiger partial charge in [-0.25, -0.2) is 19.3 Å². The Morgan fingerprint density at radius 2 is 1.58 bits per heavy atom. The van der Waals surface area contributed by atoms with Gasteiger partial charge in [-0.15, -0.1) is 5.10 Å². The Hall–Kier alpha value is -4.29. The van der Waals surface area contributed by atoms with Crippen molar-refractivity contribution in [1.29, 1.82) is 0 Å².